The van der Waals surface area contributed by atoms with Gasteiger partial charge in [0.1, 0.15) is 18.1 Å². The second kappa shape index (κ2) is 14.0. The van der Waals surface area contributed by atoms with Crippen LogP contribution < -0.4 is 27.4 Å². The van der Waals surface area contributed by atoms with Crippen molar-refractivity contribution in [2.45, 2.75) is 77.5 Å². The minimum Gasteiger partial charge on any atom is -0.481 e. The molecule has 6 unspecified atom stereocenters. The predicted octanol–water partition coefficient (Wildman–Crippen LogP) is -1.70. The number of nitrogens with two attached hydrogens (primary N) is 2. The van der Waals surface area contributed by atoms with Gasteiger partial charge in [-0.3, -0.25) is 24.0 Å². The number of primary amides is 1. The molecule has 188 valence electrons. The van der Waals surface area contributed by atoms with Crippen molar-refractivity contribution in [1.29, 1.82) is 0 Å². The number of rotatable bonds is 15. The number of carbonyl (C=O) groups excluding carboxylic acids is 4. The van der Waals surface area contributed by atoms with Crippen molar-refractivity contribution in [3.63, 3.8) is 0 Å². The van der Waals surface area contributed by atoms with Crippen LogP contribution in [0, 0.1) is 11.8 Å². The zero-order valence-electron chi connectivity index (χ0n) is 19.3. The molecule has 0 aromatic carbocycles. The van der Waals surface area contributed by atoms with Gasteiger partial charge in [0.25, 0.3) is 0 Å². The van der Waals surface area contributed by atoms with E-state index < -0.39 is 84.4 Å². The van der Waals surface area contributed by atoms with Crippen molar-refractivity contribution in [3.8, 4) is 0 Å². The first-order valence-corrected chi connectivity index (χ1v) is 10.6. The zero-order valence-corrected chi connectivity index (χ0v) is 19.3. The Bertz CT molecular complexity index is 744. The summed E-state index contributed by atoms with van der Waals surface area (Å²) in [6.45, 7) is 6.74. The first kappa shape index (κ1) is 29.8. The Morgan fingerprint density at radius 3 is 1.67 bits per heavy atom. The Labute approximate surface area is 192 Å². The van der Waals surface area contributed by atoms with Crippen LogP contribution in [-0.2, 0) is 28.8 Å². The van der Waals surface area contributed by atoms with Gasteiger partial charge in [-0.05, 0) is 11.8 Å². The van der Waals surface area contributed by atoms with E-state index in [0.717, 1.165) is 0 Å². The Morgan fingerprint density at radius 1 is 0.758 bits per heavy atom. The number of amides is 4. The molecule has 0 fully saturated rings. The lowest BCUT2D eigenvalue weighted by Crippen LogP contribution is -2.59. The molecule has 4 amide bonds. The van der Waals surface area contributed by atoms with Gasteiger partial charge in [-0.1, -0.05) is 40.5 Å². The van der Waals surface area contributed by atoms with Gasteiger partial charge < -0.3 is 37.6 Å². The Morgan fingerprint density at radius 2 is 1.24 bits per heavy atom. The van der Waals surface area contributed by atoms with E-state index in [1.165, 1.54) is 0 Å². The van der Waals surface area contributed by atoms with Crippen LogP contribution in [0.5, 0.6) is 0 Å². The summed E-state index contributed by atoms with van der Waals surface area (Å²) in [6, 6.07) is -5.35. The van der Waals surface area contributed by atoms with Crippen molar-refractivity contribution in [2.75, 3.05) is 0 Å². The Balaban J connectivity index is 5.64. The molecule has 0 aliphatic rings. The van der Waals surface area contributed by atoms with Crippen LogP contribution in [0.4, 0.5) is 0 Å². The number of aliphatic carboxylic acids is 2. The number of carboxylic acids is 2. The quantitative estimate of drug-likeness (QED) is 0.143. The average molecular weight is 474 g/mol. The normalized spacial score (nSPS) is 16.3. The fourth-order valence-corrected chi connectivity index (χ4v) is 2.85. The lowest BCUT2D eigenvalue weighted by atomic mass is 9.96. The molecule has 0 heterocycles. The van der Waals surface area contributed by atoms with Gasteiger partial charge in [-0.2, -0.15) is 0 Å². The number of hydrogen-bond donors (Lipinski definition) is 7. The minimum atomic E-state index is -1.49. The first-order chi connectivity index (χ1) is 15.2. The van der Waals surface area contributed by atoms with E-state index in [0.29, 0.717) is 12.8 Å². The fourth-order valence-electron chi connectivity index (χ4n) is 2.85. The van der Waals surface area contributed by atoms with Gasteiger partial charge in [0, 0.05) is 0 Å². The zero-order chi connectivity index (χ0) is 25.9. The summed E-state index contributed by atoms with van der Waals surface area (Å²) in [5, 5.41) is 25.2. The van der Waals surface area contributed by atoms with Gasteiger partial charge >= 0.3 is 11.9 Å². The third-order valence-corrected chi connectivity index (χ3v) is 5.34. The van der Waals surface area contributed by atoms with Crippen molar-refractivity contribution >= 4 is 35.6 Å². The van der Waals surface area contributed by atoms with Crippen LogP contribution >= 0.6 is 0 Å². The largest absolute Gasteiger partial charge is 0.481 e. The van der Waals surface area contributed by atoms with Crippen molar-refractivity contribution in [3.05, 3.63) is 0 Å². The highest BCUT2D eigenvalue weighted by Gasteiger charge is 2.34. The van der Waals surface area contributed by atoms with E-state index in [1.807, 2.05) is 0 Å². The van der Waals surface area contributed by atoms with Gasteiger partial charge in [0.2, 0.25) is 23.6 Å². The summed E-state index contributed by atoms with van der Waals surface area (Å²) in [7, 11) is 0. The average Bonchev–Trinajstić information content (AvgIpc) is 2.72. The van der Waals surface area contributed by atoms with Gasteiger partial charge in [0.05, 0.1) is 18.9 Å². The van der Waals surface area contributed by atoms with Crippen molar-refractivity contribution in [1.82, 2.24) is 16.0 Å². The van der Waals surface area contributed by atoms with E-state index >= 15 is 0 Å². The molecule has 0 aromatic heterocycles. The molecule has 0 bridgehead atoms. The van der Waals surface area contributed by atoms with Crippen LogP contribution in [0.15, 0.2) is 0 Å². The molecule has 6 atom stereocenters. The van der Waals surface area contributed by atoms with E-state index in [4.69, 9.17) is 16.6 Å². The highest BCUT2D eigenvalue weighted by molar-refractivity contribution is 5.96. The summed E-state index contributed by atoms with van der Waals surface area (Å²) in [4.78, 5) is 71.6. The molecule has 0 radical (unpaired) electrons. The third-order valence-electron chi connectivity index (χ3n) is 5.34. The summed E-state index contributed by atoms with van der Waals surface area (Å²) in [6.07, 6.45) is -0.388. The summed E-state index contributed by atoms with van der Waals surface area (Å²) < 4.78 is 0. The molecule has 33 heavy (non-hydrogen) atoms. The second-order valence-corrected chi connectivity index (χ2v) is 8.02. The highest BCUT2D eigenvalue weighted by Crippen LogP contribution is 2.11. The lowest BCUT2D eigenvalue weighted by Gasteiger charge is -2.28. The summed E-state index contributed by atoms with van der Waals surface area (Å²) in [5.74, 6) is -7.01. The molecule has 0 rings (SSSR count). The third kappa shape index (κ3) is 10.3. The molecule has 0 aliphatic carbocycles. The van der Waals surface area contributed by atoms with E-state index in [9.17, 15) is 33.9 Å². The molecular weight excluding hydrogens is 438 g/mol. The molecule has 0 saturated heterocycles. The highest BCUT2D eigenvalue weighted by atomic mass is 16.4. The number of nitrogens with one attached hydrogen (secondary N) is 3. The summed E-state index contributed by atoms with van der Waals surface area (Å²) >= 11 is 0. The maximum Gasteiger partial charge on any atom is 0.326 e. The first-order valence-electron chi connectivity index (χ1n) is 10.6. The van der Waals surface area contributed by atoms with Gasteiger partial charge in [-0.15, -0.1) is 0 Å². The van der Waals surface area contributed by atoms with Gasteiger partial charge in [-0.25, -0.2) is 4.79 Å². The Hall–Kier alpha value is -3.22. The van der Waals surface area contributed by atoms with Crippen LogP contribution in [0.25, 0.3) is 0 Å². The molecule has 0 aromatic rings. The van der Waals surface area contributed by atoms with E-state index in [1.54, 1.807) is 27.7 Å². The summed E-state index contributed by atoms with van der Waals surface area (Å²) in [5.41, 5.74) is 10.7. The van der Waals surface area contributed by atoms with Crippen molar-refractivity contribution in [2.24, 2.45) is 23.3 Å². The van der Waals surface area contributed by atoms with Crippen LogP contribution in [0.1, 0.15) is 53.4 Å². The van der Waals surface area contributed by atoms with E-state index in [2.05, 4.69) is 16.0 Å². The minimum absolute atomic E-state index is 0.425. The van der Waals surface area contributed by atoms with Gasteiger partial charge in [0.15, 0.2) is 0 Å². The number of carboxylic acid groups (broad SMARTS) is 2. The predicted molar refractivity (Wildman–Crippen MR) is 116 cm³/mol. The van der Waals surface area contributed by atoms with Crippen LogP contribution in [-0.4, -0.2) is 69.9 Å². The maximum absolute atomic E-state index is 12.9. The molecule has 0 spiro atoms. The number of hydrogen-bond acceptors (Lipinski definition) is 7. The molecule has 0 saturated carbocycles. The molecule has 13 heteroatoms. The van der Waals surface area contributed by atoms with Crippen LogP contribution in [0.3, 0.4) is 0 Å². The number of carbonyl (C=O) groups is 6. The van der Waals surface area contributed by atoms with E-state index in [-0.39, 0.29) is 0 Å². The smallest absolute Gasteiger partial charge is 0.326 e. The van der Waals surface area contributed by atoms with Crippen molar-refractivity contribution < 1.29 is 39.0 Å². The topological polar surface area (TPSA) is 231 Å². The Kier molecular flexibility index (Phi) is 12.7. The molecule has 0 aliphatic heterocycles. The SMILES string of the molecule is CCC(C)C(NC(=O)C(CC(N)=O)NC(=O)C(NC(=O)C(N)CC(=O)O)C(C)CC)C(=O)O. The molecule has 9 N–H and O–H groups in total. The molecular formula is C20H35N5O8. The maximum atomic E-state index is 12.9. The second-order valence-electron chi connectivity index (χ2n) is 8.02. The standard InChI is InChI=1S/C20H35N5O8/c1-5-9(3)15(24-17(29)11(21)7-14(27)28)19(31)23-12(8-13(22)26)18(30)25-16(20(32)33)10(4)6-2/h9-12,15-16H,5-8,21H2,1-4H3,(H2,22,26)(H,23,31)(H,24,29)(H,25,30)(H,27,28)(H,32,33). The molecule has 13 nitrogen and oxygen atoms in total. The lowest BCUT2D eigenvalue weighted by molar-refractivity contribution is -0.144. The monoisotopic (exact) mass is 473 g/mol. The fraction of sp³-hybridized carbons (Fsp3) is 0.700. The van der Waals surface area contributed by atoms with Crippen LogP contribution in [0.2, 0.25) is 0 Å².